The Morgan fingerprint density at radius 1 is 1.30 bits per heavy atom. The second kappa shape index (κ2) is 6.55. The van der Waals surface area contributed by atoms with Gasteiger partial charge in [-0.3, -0.25) is 0 Å². The zero-order valence-corrected chi connectivity index (χ0v) is 11.4. The van der Waals surface area contributed by atoms with E-state index in [2.05, 4.69) is 21.7 Å². The van der Waals surface area contributed by atoms with Crippen molar-refractivity contribution in [3.05, 3.63) is 47.5 Å². The molecule has 5 nitrogen and oxygen atoms in total. The van der Waals surface area contributed by atoms with E-state index in [1.54, 1.807) is 0 Å². The van der Waals surface area contributed by atoms with Crippen LogP contribution < -0.4 is 16.4 Å². The van der Waals surface area contributed by atoms with Crippen molar-refractivity contribution in [2.45, 2.75) is 6.92 Å². The highest BCUT2D eigenvalue weighted by atomic mass is 15.1. The van der Waals surface area contributed by atoms with Crippen LogP contribution in [0.5, 0.6) is 0 Å². The van der Waals surface area contributed by atoms with Gasteiger partial charge in [0.25, 0.3) is 0 Å². The summed E-state index contributed by atoms with van der Waals surface area (Å²) in [7, 11) is 0. The van der Waals surface area contributed by atoms with Gasteiger partial charge in [-0.05, 0) is 30.7 Å². The monoisotopic (exact) mass is 267 g/mol. The number of pyridine rings is 1. The number of nitrogens with zero attached hydrogens (tertiary/aromatic N) is 2. The quantitative estimate of drug-likeness (QED) is 0.774. The van der Waals surface area contributed by atoms with E-state index in [9.17, 15) is 5.26 Å². The lowest BCUT2D eigenvalue weighted by atomic mass is 10.1. The molecule has 2 rings (SSSR count). The first-order chi connectivity index (χ1) is 9.74. The fourth-order valence-corrected chi connectivity index (χ4v) is 1.85. The number of aryl methyl sites for hydroxylation is 1. The topological polar surface area (TPSA) is 86.8 Å². The summed E-state index contributed by atoms with van der Waals surface area (Å²) in [6.07, 6.45) is 0. The van der Waals surface area contributed by atoms with Gasteiger partial charge >= 0.3 is 0 Å². The van der Waals surface area contributed by atoms with Gasteiger partial charge in [-0.25, -0.2) is 4.98 Å². The first kappa shape index (κ1) is 13.8. The summed E-state index contributed by atoms with van der Waals surface area (Å²) in [6, 6.07) is 13.7. The lowest BCUT2D eigenvalue weighted by Gasteiger charge is -2.12. The number of nitrogens with two attached hydrogens (primary N) is 1. The van der Waals surface area contributed by atoms with Gasteiger partial charge in [0.2, 0.25) is 0 Å². The molecule has 0 radical (unpaired) electrons. The highest BCUT2D eigenvalue weighted by Crippen LogP contribution is 2.23. The lowest BCUT2D eigenvalue weighted by molar-refractivity contribution is 1.01. The van der Waals surface area contributed by atoms with Crippen molar-refractivity contribution in [2.75, 3.05) is 23.7 Å². The molecular formula is C15H17N5. The predicted octanol–water partition coefficient (Wildman–Crippen LogP) is 2.38. The van der Waals surface area contributed by atoms with Crippen LogP contribution in [0.4, 0.5) is 17.3 Å². The Morgan fingerprint density at radius 2 is 2.05 bits per heavy atom. The molecule has 1 aromatic heterocycles. The molecule has 0 amide bonds. The molecule has 2 aromatic rings. The molecule has 0 aliphatic rings. The Hall–Kier alpha value is -2.58. The number of benzene rings is 1. The fraction of sp³-hybridized carbons (Fsp3) is 0.200. The van der Waals surface area contributed by atoms with Crippen molar-refractivity contribution in [3.8, 4) is 6.07 Å². The highest BCUT2D eigenvalue weighted by molar-refractivity contribution is 5.67. The number of anilines is 3. The minimum atomic E-state index is 0.530. The van der Waals surface area contributed by atoms with Crippen LogP contribution in [0.25, 0.3) is 0 Å². The van der Waals surface area contributed by atoms with E-state index < -0.39 is 0 Å². The normalized spacial score (nSPS) is 9.85. The average molecular weight is 267 g/mol. The zero-order valence-electron chi connectivity index (χ0n) is 11.4. The van der Waals surface area contributed by atoms with Gasteiger partial charge in [0.05, 0.1) is 5.56 Å². The van der Waals surface area contributed by atoms with Crippen LogP contribution in [0.3, 0.4) is 0 Å². The maximum Gasteiger partial charge on any atom is 0.151 e. The number of nitrogens with one attached hydrogen (secondary N) is 2. The third kappa shape index (κ3) is 3.25. The molecular weight excluding hydrogens is 250 g/mol. The third-order valence-electron chi connectivity index (χ3n) is 2.82. The summed E-state index contributed by atoms with van der Waals surface area (Å²) in [4.78, 5) is 4.44. The van der Waals surface area contributed by atoms with E-state index in [1.807, 2.05) is 43.3 Å². The minimum absolute atomic E-state index is 0.530. The number of hydrogen-bond donors (Lipinski definition) is 3. The van der Waals surface area contributed by atoms with E-state index >= 15 is 0 Å². The number of hydrogen-bond acceptors (Lipinski definition) is 5. The Morgan fingerprint density at radius 3 is 2.70 bits per heavy atom. The van der Waals surface area contributed by atoms with Gasteiger partial charge in [0, 0.05) is 18.8 Å². The summed E-state index contributed by atoms with van der Waals surface area (Å²) in [5, 5.41) is 15.6. The molecule has 0 atom stereocenters. The summed E-state index contributed by atoms with van der Waals surface area (Å²) in [5.41, 5.74) is 7.79. The molecule has 0 fully saturated rings. The third-order valence-corrected chi connectivity index (χ3v) is 2.82. The molecule has 0 bridgehead atoms. The SMILES string of the molecule is Cc1cc(NCCN)nc(Nc2ccccc2)c1C#N. The van der Waals surface area contributed by atoms with Crippen LogP contribution in [-0.4, -0.2) is 18.1 Å². The molecule has 0 saturated heterocycles. The van der Waals surface area contributed by atoms with Gasteiger partial charge < -0.3 is 16.4 Å². The van der Waals surface area contributed by atoms with E-state index in [1.165, 1.54) is 0 Å². The van der Waals surface area contributed by atoms with Crippen LogP contribution in [0.15, 0.2) is 36.4 Å². The Balaban J connectivity index is 2.34. The Labute approximate surface area is 118 Å². The molecule has 0 saturated carbocycles. The van der Waals surface area contributed by atoms with E-state index in [0.717, 1.165) is 11.3 Å². The standard InChI is InChI=1S/C15H17N5/c1-11-9-14(18-8-7-16)20-15(13(11)10-17)19-12-5-3-2-4-6-12/h2-6,9H,7-8,16H2,1H3,(H2,18,19,20). The molecule has 20 heavy (non-hydrogen) atoms. The number of nitriles is 1. The number of aromatic nitrogens is 1. The summed E-state index contributed by atoms with van der Waals surface area (Å²) >= 11 is 0. The summed E-state index contributed by atoms with van der Waals surface area (Å²) in [6.45, 7) is 3.06. The van der Waals surface area contributed by atoms with Crippen molar-refractivity contribution >= 4 is 17.3 Å². The van der Waals surface area contributed by atoms with Gasteiger partial charge in [-0.1, -0.05) is 18.2 Å². The smallest absolute Gasteiger partial charge is 0.151 e. The van der Waals surface area contributed by atoms with Crippen molar-refractivity contribution in [1.82, 2.24) is 4.98 Å². The molecule has 5 heteroatoms. The first-order valence-corrected chi connectivity index (χ1v) is 6.42. The zero-order chi connectivity index (χ0) is 14.4. The van der Waals surface area contributed by atoms with Gasteiger partial charge in [0.1, 0.15) is 11.9 Å². The largest absolute Gasteiger partial charge is 0.369 e. The van der Waals surface area contributed by atoms with Crippen LogP contribution >= 0.6 is 0 Å². The molecule has 1 heterocycles. The van der Waals surface area contributed by atoms with Crippen molar-refractivity contribution < 1.29 is 0 Å². The van der Waals surface area contributed by atoms with Gasteiger partial charge in [0.15, 0.2) is 5.82 Å². The maximum absolute atomic E-state index is 9.27. The predicted molar refractivity (Wildman–Crippen MR) is 81.0 cm³/mol. The minimum Gasteiger partial charge on any atom is -0.369 e. The second-order valence-electron chi connectivity index (χ2n) is 4.37. The van der Waals surface area contributed by atoms with Gasteiger partial charge in [-0.15, -0.1) is 0 Å². The molecule has 0 aliphatic carbocycles. The van der Waals surface area contributed by atoms with E-state index in [0.29, 0.717) is 30.3 Å². The van der Waals surface area contributed by atoms with Crippen molar-refractivity contribution in [1.29, 1.82) is 5.26 Å². The molecule has 0 spiro atoms. The second-order valence-corrected chi connectivity index (χ2v) is 4.37. The molecule has 4 N–H and O–H groups in total. The fourth-order valence-electron chi connectivity index (χ4n) is 1.85. The van der Waals surface area contributed by atoms with E-state index in [-0.39, 0.29) is 0 Å². The summed E-state index contributed by atoms with van der Waals surface area (Å²) < 4.78 is 0. The van der Waals surface area contributed by atoms with E-state index in [4.69, 9.17) is 5.73 Å². The van der Waals surface area contributed by atoms with Crippen molar-refractivity contribution in [2.24, 2.45) is 5.73 Å². The highest BCUT2D eigenvalue weighted by Gasteiger charge is 2.10. The van der Waals surface area contributed by atoms with Crippen LogP contribution in [0.1, 0.15) is 11.1 Å². The van der Waals surface area contributed by atoms with Crippen molar-refractivity contribution in [3.63, 3.8) is 0 Å². The molecule has 0 aliphatic heterocycles. The Bertz CT molecular complexity index is 616. The van der Waals surface area contributed by atoms with Crippen LogP contribution in [0, 0.1) is 18.3 Å². The lowest BCUT2D eigenvalue weighted by Crippen LogP contribution is -2.14. The number of para-hydroxylation sites is 1. The molecule has 1 aromatic carbocycles. The van der Waals surface area contributed by atoms with Crippen LogP contribution in [-0.2, 0) is 0 Å². The molecule has 0 unspecified atom stereocenters. The van der Waals surface area contributed by atoms with Crippen LogP contribution in [0.2, 0.25) is 0 Å². The Kier molecular flexibility index (Phi) is 4.53. The first-order valence-electron chi connectivity index (χ1n) is 6.42. The summed E-state index contributed by atoms with van der Waals surface area (Å²) in [5.74, 6) is 1.27. The molecule has 102 valence electrons. The maximum atomic E-state index is 9.27. The van der Waals surface area contributed by atoms with Gasteiger partial charge in [-0.2, -0.15) is 5.26 Å². The number of rotatable bonds is 5. The average Bonchev–Trinajstić information content (AvgIpc) is 2.46.